The van der Waals surface area contributed by atoms with Gasteiger partial charge < -0.3 is 11.1 Å². The van der Waals surface area contributed by atoms with E-state index in [0.717, 1.165) is 25.1 Å². The van der Waals surface area contributed by atoms with Crippen molar-refractivity contribution in [1.82, 2.24) is 0 Å². The minimum Gasteiger partial charge on any atom is -0.397 e. The van der Waals surface area contributed by atoms with E-state index in [4.69, 9.17) is 5.73 Å². The van der Waals surface area contributed by atoms with E-state index in [-0.39, 0.29) is 10.6 Å². The topological polar surface area (TPSA) is 38.0 Å². The second-order valence-electron chi connectivity index (χ2n) is 4.18. The first-order valence-corrected chi connectivity index (χ1v) is 7.13. The molecule has 2 nitrogen and oxygen atoms in total. The van der Waals surface area contributed by atoms with E-state index in [9.17, 15) is 4.39 Å². The number of nitrogens with one attached hydrogen (secondary N) is 1. The van der Waals surface area contributed by atoms with E-state index in [1.807, 2.05) is 11.8 Å². The van der Waals surface area contributed by atoms with Gasteiger partial charge in [0.1, 0.15) is 5.82 Å². The van der Waals surface area contributed by atoms with Gasteiger partial charge in [-0.1, -0.05) is 13.8 Å². The Hall–Kier alpha value is -0.900. The highest BCUT2D eigenvalue weighted by atomic mass is 32.2. The monoisotopic (exact) mass is 256 g/mol. The van der Waals surface area contributed by atoms with Crippen LogP contribution in [0.3, 0.4) is 0 Å². The molecule has 0 aromatic heterocycles. The van der Waals surface area contributed by atoms with Gasteiger partial charge in [0.2, 0.25) is 0 Å². The second-order valence-corrected chi connectivity index (χ2v) is 5.45. The molecular weight excluding hydrogens is 235 g/mol. The van der Waals surface area contributed by atoms with Crippen LogP contribution in [-0.2, 0) is 0 Å². The van der Waals surface area contributed by atoms with Crippen LogP contribution in [0, 0.1) is 5.82 Å². The van der Waals surface area contributed by atoms with Gasteiger partial charge in [-0.2, -0.15) is 11.8 Å². The maximum Gasteiger partial charge on any atom is 0.125 e. The summed E-state index contributed by atoms with van der Waals surface area (Å²) >= 11 is 1.87. The zero-order valence-electron chi connectivity index (χ0n) is 10.7. The number of halogens is 1. The molecule has 0 aliphatic rings. The standard InChI is InChI=1S/C13H21FN2S/c1-4-13(5-2,17-3)9-16-12-7-6-10(14)8-11(12)15/h6-8,16H,4-5,9,15H2,1-3H3. The van der Waals surface area contributed by atoms with E-state index >= 15 is 0 Å². The van der Waals surface area contributed by atoms with Crippen LogP contribution in [0.2, 0.25) is 0 Å². The quantitative estimate of drug-likeness (QED) is 0.761. The summed E-state index contributed by atoms with van der Waals surface area (Å²) in [7, 11) is 0. The van der Waals surface area contributed by atoms with Crippen LogP contribution in [0.25, 0.3) is 0 Å². The molecule has 0 saturated heterocycles. The van der Waals surface area contributed by atoms with Crippen LogP contribution < -0.4 is 11.1 Å². The molecule has 0 unspecified atom stereocenters. The molecule has 0 aliphatic carbocycles. The van der Waals surface area contributed by atoms with Gasteiger partial charge in [-0.25, -0.2) is 4.39 Å². The molecule has 0 fully saturated rings. The van der Waals surface area contributed by atoms with Crippen molar-refractivity contribution >= 4 is 23.1 Å². The molecule has 4 heteroatoms. The number of hydrogen-bond acceptors (Lipinski definition) is 3. The summed E-state index contributed by atoms with van der Waals surface area (Å²) < 4.78 is 13.1. The highest BCUT2D eigenvalue weighted by molar-refractivity contribution is 8.00. The molecule has 0 heterocycles. The van der Waals surface area contributed by atoms with Crippen molar-refractivity contribution in [3.63, 3.8) is 0 Å². The van der Waals surface area contributed by atoms with Crippen LogP contribution >= 0.6 is 11.8 Å². The second kappa shape index (κ2) is 6.15. The first-order valence-electron chi connectivity index (χ1n) is 5.91. The fraction of sp³-hybridized carbons (Fsp3) is 0.538. The third kappa shape index (κ3) is 3.53. The smallest absolute Gasteiger partial charge is 0.125 e. The fourth-order valence-corrected chi connectivity index (χ4v) is 2.61. The Bertz CT molecular complexity index is 356. The van der Waals surface area contributed by atoms with E-state index < -0.39 is 0 Å². The summed E-state index contributed by atoms with van der Waals surface area (Å²) in [6, 6.07) is 4.47. The van der Waals surface area contributed by atoms with Gasteiger partial charge in [0, 0.05) is 11.3 Å². The van der Waals surface area contributed by atoms with E-state index in [1.165, 1.54) is 12.1 Å². The minimum absolute atomic E-state index is 0.223. The lowest BCUT2D eigenvalue weighted by Crippen LogP contribution is -2.32. The Morgan fingerprint density at radius 1 is 1.35 bits per heavy atom. The zero-order chi connectivity index (χ0) is 12.9. The first-order chi connectivity index (χ1) is 8.06. The maximum absolute atomic E-state index is 12.9. The molecule has 0 spiro atoms. The van der Waals surface area contributed by atoms with Gasteiger partial charge in [-0.05, 0) is 37.3 Å². The van der Waals surface area contributed by atoms with E-state index in [1.54, 1.807) is 6.07 Å². The number of nitrogen functional groups attached to an aromatic ring is 1. The van der Waals surface area contributed by atoms with Crippen LogP contribution in [0.15, 0.2) is 18.2 Å². The Labute approximate surface area is 107 Å². The Balaban J connectivity index is 2.72. The van der Waals surface area contributed by atoms with Crippen molar-refractivity contribution < 1.29 is 4.39 Å². The summed E-state index contributed by atoms with van der Waals surface area (Å²) in [6.07, 6.45) is 4.32. The summed E-state index contributed by atoms with van der Waals surface area (Å²) in [5.74, 6) is -0.296. The molecule has 17 heavy (non-hydrogen) atoms. The number of rotatable bonds is 6. The van der Waals surface area contributed by atoms with Gasteiger partial charge in [-0.3, -0.25) is 0 Å². The van der Waals surface area contributed by atoms with Crippen molar-refractivity contribution in [2.45, 2.75) is 31.4 Å². The summed E-state index contributed by atoms with van der Waals surface area (Å²) in [6.45, 7) is 5.22. The molecule has 3 N–H and O–H groups in total. The molecule has 1 rings (SSSR count). The Morgan fingerprint density at radius 2 is 2.00 bits per heavy atom. The molecule has 0 amide bonds. The summed E-state index contributed by atoms with van der Waals surface area (Å²) in [5, 5.41) is 3.32. The number of nitrogens with two attached hydrogens (primary N) is 1. The van der Waals surface area contributed by atoms with Crippen LogP contribution in [0.1, 0.15) is 26.7 Å². The zero-order valence-corrected chi connectivity index (χ0v) is 11.5. The minimum atomic E-state index is -0.296. The summed E-state index contributed by atoms with van der Waals surface area (Å²) in [5.41, 5.74) is 7.04. The molecule has 0 saturated carbocycles. The highest BCUT2D eigenvalue weighted by Gasteiger charge is 2.24. The predicted molar refractivity (Wildman–Crippen MR) is 76.1 cm³/mol. The summed E-state index contributed by atoms with van der Waals surface area (Å²) in [4.78, 5) is 0. The highest BCUT2D eigenvalue weighted by Crippen LogP contribution is 2.31. The molecule has 0 radical (unpaired) electrons. The average molecular weight is 256 g/mol. The van der Waals surface area contributed by atoms with E-state index in [2.05, 4.69) is 25.4 Å². The molecule has 1 aromatic carbocycles. The lowest BCUT2D eigenvalue weighted by molar-refractivity contribution is 0.574. The Kier molecular flexibility index (Phi) is 5.12. The Morgan fingerprint density at radius 3 is 2.47 bits per heavy atom. The molecule has 0 aliphatic heterocycles. The third-order valence-electron chi connectivity index (χ3n) is 3.34. The third-order valence-corrected chi connectivity index (χ3v) is 4.92. The molecule has 1 aromatic rings. The van der Waals surface area contributed by atoms with Crippen molar-refractivity contribution in [2.24, 2.45) is 0 Å². The lowest BCUT2D eigenvalue weighted by Gasteiger charge is -2.30. The number of benzene rings is 1. The fourth-order valence-electron chi connectivity index (χ4n) is 1.81. The SMILES string of the molecule is CCC(CC)(CNc1ccc(F)cc1N)SC. The van der Waals surface area contributed by atoms with Crippen molar-refractivity contribution in [3.05, 3.63) is 24.0 Å². The molecule has 0 atom stereocenters. The van der Waals surface area contributed by atoms with E-state index in [0.29, 0.717) is 5.69 Å². The van der Waals surface area contributed by atoms with Crippen molar-refractivity contribution in [1.29, 1.82) is 0 Å². The van der Waals surface area contributed by atoms with Crippen LogP contribution in [0.5, 0.6) is 0 Å². The largest absolute Gasteiger partial charge is 0.397 e. The van der Waals surface area contributed by atoms with Crippen molar-refractivity contribution in [2.75, 3.05) is 23.9 Å². The number of thioether (sulfide) groups is 1. The maximum atomic E-state index is 12.9. The van der Waals surface area contributed by atoms with Gasteiger partial charge >= 0.3 is 0 Å². The molecular formula is C13H21FN2S. The average Bonchev–Trinajstić information content (AvgIpc) is 2.33. The van der Waals surface area contributed by atoms with Crippen LogP contribution in [0.4, 0.5) is 15.8 Å². The van der Waals surface area contributed by atoms with Crippen LogP contribution in [-0.4, -0.2) is 17.5 Å². The number of anilines is 2. The first kappa shape index (κ1) is 14.2. The van der Waals surface area contributed by atoms with Gasteiger partial charge in [-0.15, -0.1) is 0 Å². The van der Waals surface area contributed by atoms with Gasteiger partial charge in [0.05, 0.1) is 11.4 Å². The van der Waals surface area contributed by atoms with Gasteiger partial charge in [0.15, 0.2) is 0 Å². The lowest BCUT2D eigenvalue weighted by atomic mass is 10.0. The van der Waals surface area contributed by atoms with Crippen molar-refractivity contribution in [3.8, 4) is 0 Å². The predicted octanol–water partition coefficient (Wildman–Crippen LogP) is 3.74. The molecule has 0 bridgehead atoms. The van der Waals surface area contributed by atoms with Gasteiger partial charge in [0.25, 0.3) is 0 Å². The number of hydrogen-bond donors (Lipinski definition) is 2. The molecule has 96 valence electrons. The normalized spacial score (nSPS) is 11.5.